The van der Waals surface area contributed by atoms with Crippen molar-refractivity contribution in [1.82, 2.24) is 25.2 Å². The van der Waals surface area contributed by atoms with Crippen molar-refractivity contribution in [3.63, 3.8) is 0 Å². The van der Waals surface area contributed by atoms with Crippen LogP contribution in [-0.2, 0) is 9.59 Å². The van der Waals surface area contributed by atoms with Gasteiger partial charge >= 0.3 is 0 Å². The Kier molecular flexibility index (Phi) is 10.3. The van der Waals surface area contributed by atoms with Crippen LogP contribution < -0.4 is 10.2 Å². The third-order valence-electron chi connectivity index (χ3n) is 6.27. The molecule has 0 bridgehead atoms. The second kappa shape index (κ2) is 13.6. The fourth-order valence-corrected chi connectivity index (χ4v) is 4.64. The third kappa shape index (κ3) is 6.26. The van der Waals surface area contributed by atoms with Gasteiger partial charge in [0.05, 0.1) is 38.9 Å². The molecule has 0 aliphatic carbocycles. The van der Waals surface area contributed by atoms with Crippen LogP contribution in [0.1, 0.15) is 30.3 Å². The van der Waals surface area contributed by atoms with Gasteiger partial charge in [0.1, 0.15) is 23.7 Å². The van der Waals surface area contributed by atoms with Crippen LogP contribution in [0.2, 0.25) is 5.02 Å². The molecule has 2 heterocycles. The van der Waals surface area contributed by atoms with Crippen LogP contribution in [0.3, 0.4) is 0 Å². The molecule has 0 aliphatic heterocycles. The number of amides is 2. The number of aryl methyl sites for hydroxylation is 2. The number of nitrogens with one attached hydrogen (secondary N) is 1. The standard InChI is InChI=1S/C28H31ClFN7O3/c1-6-7-11-36(17(2)13-32-15-38)27(31-5)20-12-21(29)25(24-22(30)9-8-10-23(24)40)35-28(20)37(16-39)26-18(3)33-14-34-19(26)4/h6,8-10,12,14-17,40H,1,7,11,13H2,2-5H3,(H,32,38)/b31-27+. The first kappa shape index (κ1) is 30.2. The summed E-state index contributed by atoms with van der Waals surface area (Å²) >= 11 is 6.69. The summed E-state index contributed by atoms with van der Waals surface area (Å²) in [5.41, 5.74) is 1.44. The minimum atomic E-state index is -0.744. The molecule has 3 aromatic rings. The van der Waals surface area contributed by atoms with Gasteiger partial charge in [0.2, 0.25) is 12.8 Å². The molecule has 12 heteroatoms. The van der Waals surface area contributed by atoms with Gasteiger partial charge in [-0.1, -0.05) is 23.7 Å². The molecule has 0 radical (unpaired) electrons. The average Bonchev–Trinajstić information content (AvgIpc) is 2.92. The molecule has 0 aliphatic rings. The van der Waals surface area contributed by atoms with Crippen LogP contribution in [0.4, 0.5) is 15.9 Å². The minimum Gasteiger partial charge on any atom is -0.507 e. The molecule has 0 spiro atoms. The van der Waals surface area contributed by atoms with Gasteiger partial charge in [-0.2, -0.15) is 0 Å². The van der Waals surface area contributed by atoms with E-state index in [0.717, 1.165) is 0 Å². The molecule has 40 heavy (non-hydrogen) atoms. The first-order chi connectivity index (χ1) is 19.2. The monoisotopic (exact) mass is 567 g/mol. The summed E-state index contributed by atoms with van der Waals surface area (Å²) in [6, 6.07) is 5.14. The molecule has 0 saturated heterocycles. The number of carbonyl (C=O) groups excluding carboxylic acids is 2. The fraction of sp³-hybridized carbons (Fsp3) is 0.286. The lowest BCUT2D eigenvalue weighted by Gasteiger charge is -2.33. The summed E-state index contributed by atoms with van der Waals surface area (Å²) in [6.45, 7) is 9.93. The number of hydrogen-bond donors (Lipinski definition) is 2. The van der Waals surface area contributed by atoms with E-state index >= 15 is 0 Å². The number of amidine groups is 1. The summed E-state index contributed by atoms with van der Waals surface area (Å²) < 4.78 is 15.0. The molecule has 1 atom stereocenters. The quantitative estimate of drug-likeness (QED) is 0.144. The van der Waals surface area contributed by atoms with E-state index in [-0.39, 0.29) is 33.9 Å². The highest BCUT2D eigenvalue weighted by Gasteiger charge is 2.29. The van der Waals surface area contributed by atoms with Gasteiger partial charge in [-0.3, -0.25) is 19.5 Å². The van der Waals surface area contributed by atoms with Crippen molar-refractivity contribution in [2.45, 2.75) is 33.2 Å². The summed E-state index contributed by atoms with van der Waals surface area (Å²) in [5.74, 6) is -0.633. The van der Waals surface area contributed by atoms with Crippen LogP contribution in [0.25, 0.3) is 11.3 Å². The maximum Gasteiger partial charge on any atom is 0.220 e. The number of phenolic OH excluding ortho intramolecular Hbond substituents is 1. The third-order valence-corrected chi connectivity index (χ3v) is 6.56. The summed E-state index contributed by atoms with van der Waals surface area (Å²) in [5, 5.41) is 13.2. The summed E-state index contributed by atoms with van der Waals surface area (Å²) in [4.78, 5) is 44.6. The Morgan fingerprint density at radius 3 is 2.55 bits per heavy atom. The molecule has 3 rings (SSSR count). The van der Waals surface area contributed by atoms with E-state index in [1.165, 1.54) is 35.5 Å². The second-order valence-electron chi connectivity index (χ2n) is 8.89. The number of carbonyl (C=O) groups is 2. The number of aromatic nitrogens is 3. The molecule has 0 fully saturated rings. The van der Waals surface area contributed by atoms with E-state index in [4.69, 9.17) is 11.6 Å². The second-order valence-corrected chi connectivity index (χ2v) is 9.29. The predicted octanol–water partition coefficient (Wildman–Crippen LogP) is 4.34. The number of halogens is 2. The maximum absolute atomic E-state index is 15.0. The number of hydrogen-bond acceptors (Lipinski definition) is 7. The number of anilines is 2. The molecule has 210 valence electrons. The molecule has 10 nitrogen and oxygen atoms in total. The SMILES string of the molecule is C=CCCN(/C(=N/C)c1cc(Cl)c(-c2c(O)cccc2F)nc1N(C=O)c1c(C)ncnc1C)C(C)CNC=O. The number of benzene rings is 1. The van der Waals surface area contributed by atoms with Crippen molar-refractivity contribution in [3.8, 4) is 17.0 Å². The molecular weight excluding hydrogens is 537 g/mol. The average molecular weight is 568 g/mol. The first-order valence-corrected chi connectivity index (χ1v) is 12.8. The van der Waals surface area contributed by atoms with Crippen molar-refractivity contribution in [1.29, 1.82) is 0 Å². The molecule has 2 N–H and O–H groups in total. The fourth-order valence-electron chi connectivity index (χ4n) is 4.39. The van der Waals surface area contributed by atoms with Gasteiger partial charge in [0.25, 0.3) is 0 Å². The van der Waals surface area contributed by atoms with Gasteiger partial charge in [-0.15, -0.1) is 6.58 Å². The summed E-state index contributed by atoms with van der Waals surface area (Å²) in [7, 11) is 1.58. The van der Waals surface area contributed by atoms with E-state index in [1.54, 1.807) is 27.0 Å². The highest BCUT2D eigenvalue weighted by atomic mass is 35.5. The Hall–Kier alpha value is -4.38. The molecule has 1 unspecified atom stereocenters. The highest BCUT2D eigenvalue weighted by molar-refractivity contribution is 6.33. The van der Waals surface area contributed by atoms with Crippen molar-refractivity contribution in [2.75, 3.05) is 25.0 Å². The Bertz CT molecular complexity index is 1390. The van der Waals surface area contributed by atoms with Gasteiger partial charge in [0, 0.05) is 26.2 Å². The van der Waals surface area contributed by atoms with Gasteiger partial charge in [-0.25, -0.2) is 19.3 Å². The number of phenols is 1. The molecule has 0 saturated carbocycles. The van der Waals surface area contributed by atoms with E-state index in [9.17, 15) is 19.1 Å². The van der Waals surface area contributed by atoms with Crippen LogP contribution in [-0.4, -0.2) is 69.8 Å². The van der Waals surface area contributed by atoms with Crippen LogP contribution >= 0.6 is 11.6 Å². The number of pyridine rings is 1. The van der Waals surface area contributed by atoms with Crippen molar-refractivity contribution in [2.24, 2.45) is 4.99 Å². The first-order valence-electron chi connectivity index (χ1n) is 12.4. The van der Waals surface area contributed by atoms with Gasteiger partial charge in [-0.05, 0) is 45.4 Å². The Morgan fingerprint density at radius 1 is 1.27 bits per heavy atom. The zero-order valence-electron chi connectivity index (χ0n) is 22.7. The van der Waals surface area contributed by atoms with E-state index < -0.39 is 5.82 Å². The largest absolute Gasteiger partial charge is 0.507 e. The van der Waals surface area contributed by atoms with Gasteiger partial charge in [0.15, 0.2) is 5.82 Å². The molecule has 2 amide bonds. The van der Waals surface area contributed by atoms with Crippen LogP contribution in [0.15, 0.2) is 48.2 Å². The van der Waals surface area contributed by atoms with E-state index in [1.807, 2.05) is 11.8 Å². The Morgan fingerprint density at radius 2 is 1.98 bits per heavy atom. The number of aromatic hydroxyl groups is 1. The summed E-state index contributed by atoms with van der Waals surface area (Å²) in [6.07, 6.45) is 4.89. The molecule has 2 aromatic heterocycles. The van der Waals surface area contributed by atoms with Crippen molar-refractivity contribution in [3.05, 3.63) is 71.0 Å². The Balaban J connectivity index is 2.38. The van der Waals surface area contributed by atoms with Crippen LogP contribution in [0.5, 0.6) is 5.75 Å². The Labute approximate surface area is 237 Å². The molecular formula is C28H31ClFN7O3. The lowest BCUT2D eigenvalue weighted by Crippen LogP contribution is -2.45. The minimum absolute atomic E-state index is 0.0197. The topological polar surface area (TPSA) is 124 Å². The lowest BCUT2D eigenvalue weighted by molar-refractivity contribution is -0.109. The van der Waals surface area contributed by atoms with Crippen LogP contribution in [0, 0.1) is 19.7 Å². The number of nitrogens with zero attached hydrogens (tertiary/aromatic N) is 6. The van der Waals surface area contributed by atoms with E-state index in [0.29, 0.717) is 60.8 Å². The normalized spacial score (nSPS) is 12.0. The van der Waals surface area contributed by atoms with Crippen molar-refractivity contribution < 1.29 is 19.1 Å². The van der Waals surface area contributed by atoms with Gasteiger partial charge < -0.3 is 15.3 Å². The lowest BCUT2D eigenvalue weighted by atomic mass is 10.1. The van der Waals surface area contributed by atoms with Crippen molar-refractivity contribution >= 4 is 41.8 Å². The van der Waals surface area contributed by atoms with E-state index in [2.05, 4.69) is 31.8 Å². The smallest absolute Gasteiger partial charge is 0.220 e. The zero-order chi connectivity index (χ0) is 29.4. The number of rotatable bonds is 12. The molecule has 1 aromatic carbocycles. The predicted molar refractivity (Wildman–Crippen MR) is 154 cm³/mol. The zero-order valence-corrected chi connectivity index (χ0v) is 23.5. The maximum atomic E-state index is 15.0. The highest BCUT2D eigenvalue weighted by Crippen LogP contribution is 2.40. The number of aliphatic imine (C=N–C) groups is 1.